The summed E-state index contributed by atoms with van der Waals surface area (Å²) >= 11 is 0. The molecule has 0 spiro atoms. The fourth-order valence-corrected chi connectivity index (χ4v) is 3.34. The van der Waals surface area contributed by atoms with E-state index in [1.807, 2.05) is 0 Å². The summed E-state index contributed by atoms with van der Waals surface area (Å²) in [6.45, 7) is 5.64. The highest BCUT2D eigenvalue weighted by Gasteiger charge is 2.36. The predicted molar refractivity (Wildman–Crippen MR) is 116 cm³/mol. The van der Waals surface area contributed by atoms with E-state index < -0.39 is 47.0 Å². The van der Waals surface area contributed by atoms with Crippen LogP contribution < -0.4 is 5.32 Å². The average Bonchev–Trinajstić information content (AvgIpc) is 2.71. The number of amides is 1. The highest BCUT2D eigenvalue weighted by Crippen LogP contribution is 2.32. The number of carbonyl (C=O) groups excluding carboxylic acids is 2. The van der Waals surface area contributed by atoms with Gasteiger partial charge in [-0.25, -0.2) is 9.18 Å². The normalized spacial score (nSPS) is 12.6. The summed E-state index contributed by atoms with van der Waals surface area (Å²) in [6.07, 6.45) is 5.13. The summed E-state index contributed by atoms with van der Waals surface area (Å²) in [5, 5.41) is 2.28. The number of esters is 1. The first-order valence-corrected chi connectivity index (χ1v) is 11.4. The average molecular weight is 462 g/mol. The maximum Gasteiger partial charge on any atom is 0.417 e. The van der Waals surface area contributed by atoms with E-state index in [0.717, 1.165) is 19.3 Å². The van der Waals surface area contributed by atoms with E-state index in [2.05, 4.69) is 12.2 Å². The Morgan fingerprint density at radius 3 is 2.06 bits per heavy atom. The number of unbranched alkanes of at least 4 members (excludes halogenated alkanes) is 8. The van der Waals surface area contributed by atoms with Gasteiger partial charge in [0.2, 0.25) is 0 Å². The van der Waals surface area contributed by atoms with Gasteiger partial charge in [0.25, 0.3) is 5.91 Å². The molecule has 0 aliphatic heterocycles. The Morgan fingerprint density at radius 2 is 1.53 bits per heavy atom. The van der Waals surface area contributed by atoms with Crippen LogP contribution in [-0.2, 0) is 15.7 Å². The molecule has 1 amide bonds. The van der Waals surface area contributed by atoms with Crippen LogP contribution >= 0.6 is 0 Å². The zero-order valence-corrected chi connectivity index (χ0v) is 19.2. The van der Waals surface area contributed by atoms with Gasteiger partial charge in [-0.1, -0.05) is 72.1 Å². The van der Waals surface area contributed by atoms with Crippen LogP contribution in [0.25, 0.3) is 0 Å². The summed E-state index contributed by atoms with van der Waals surface area (Å²) in [5.41, 5.74) is -2.13. The molecule has 0 radical (unpaired) electrons. The van der Waals surface area contributed by atoms with Gasteiger partial charge in [-0.15, -0.1) is 0 Å². The van der Waals surface area contributed by atoms with Crippen molar-refractivity contribution >= 4 is 11.9 Å². The molecule has 1 atom stereocenters. The second-order valence-corrected chi connectivity index (χ2v) is 8.38. The molecule has 182 valence electrons. The Balaban J connectivity index is 2.54. The summed E-state index contributed by atoms with van der Waals surface area (Å²) in [6, 6.07) is 0.532. The molecule has 0 saturated heterocycles. The minimum absolute atomic E-state index is 0.182. The number of alkyl halides is 3. The van der Waals surface area contributed by atoms with Crippen molar-refractivity contribution in [1.29, 1.82) is 0 Å². The molecule has 0 aliphatic rings. The highest BCUT2D eigenvalue weighted by atomic mass is 19.4. The van der Waals surface area contributed by atoms with Gasteiger partial charge in [-0.2, -0.15) is 13.2 Å². The summed E-state index contributed by atoms with van der Waals surface area (Å²) < 4.78 is 58.2. The third-order valence-corrected chi connectivity index (χ3v) is 5.23. The predicted octanol–water partition coefficient (Wildman–Crippen LogP) is 6.67. The van der Waals surface area contributed by atoms with E-state index in [1.165, 1.54) is 32.1 Å². The van der Waals surface area contributed by atoms with Gasteiger partial charge in [-0.05, 0) is 30.5 Å². The first kappa shape index (κ1) is 27.9. The molecule has 1 aromatic rings. The second-order valence-electron chi connectivity index (χ2n) is 8.38. The molecule has 1 N–H and O–H groups in total. The van der Waals surface area contributed by atoms with Crippen molar-refractivity contribution in [2.75, 3.05) is 6.61 Å². The Bertz CT molecular complexity index is 720. The highest BCUT2D eigenvalue weighted by molar-refractivity contribution is 5.98. The van der Waals surface area contributed by atoms with E-state index >= 15 is 0 Å². The van der Waals surface area contributed by atoms with Crippen LogP contribution in [0.2, 0.25) is 0 Å². The lowest BCUT2D eigenvalue weighted by Gasteiger charge is -2.22. The molecule has 8 heteroatoms. The van der Waals surface area contributed by atoms with Crippen LogP contribution in [0.5, 0.6) is 0 Å². The Morgan fingerprint density at radius 1 is 0.969 bits per heavy atom. The lowest BCUT2D eigenvalue weighted by Crippen LogP contribution is -2.45. The van der Waals surface area contributed by atoms with Crippen molar-refractivity contribution in [3.8, 4) is 0 Å². The van der Waals surface area contributed by atoms with Gasteiger partial charge in [-0.3, -0.25) is 4.79 Å². The number of hydrogen-bond acceptors (Lipinski definition) is 3. The van der Waals surface area contributed by atoms with Crippen LogP contribution in [0.4, 0.5) is 17.6 Å². The maximum atomic E-state index is 13.5. The lowest BCUT2D eigenvalue weighted by molar-refractivity contribution is -0.147. The summed E-state index contributed by atoms with van der Waals surface area (Å²) in [5.74, 6) is -3.27. The van der Waals surface area contributed by atoms with Crippen LogP contribution in [0.15, 0.2) is 18.2 Å². The van der Waals surface area contributed by atoms with Crippen LogP contribution in [0.3, 0.4) is 0 Å². The lowest BCUT2D eigenvalue weighted by atomic mass is 10.0. The molecule has 1 aromatic carbocycles. The van der Waals surface area contributed by atoms with E-state index in [0.29, 0.717) is 24.6 Å². The van der Waals surface area contributed by atoms with E-state index in [9.17, 15) is 27.2 Å². The molecule has 1 rings (SSSR count). The number of hydrogen-bond donors (Lipinski definition) is 1. The van der Waals surface area contributed by atoms with E-state index in [1.54, 1.807) is 13.8 Å². The van der Waals surface area contributed by atoms with Gasteiger partial charge in [0.05, 0.1) is 17.7 Å². The largest absolute Gasteiger partial charge is 0.464 e. The SMILES string of the molecule is CCCCCCCCCCCOC(=O)C(NC(=O)c1cc(F)ccc1C(F)(F)F)C(C)C. The molecule has 1 unspecified atom stereocenters. The van der Waals surface area contributed by atoms with E-state index in [-0.39, 0.29) is 6.61 Å². The molecular weight excluding hydrogens is 426 g/mol. The number of nitrogens with one attached hydrogen (secondary N) is 1. The second kappa shape index (κ2) is 14.1. The fourth-order valence-electron chi connectivity index (χ4n) is 3.34. The van der Waals surface area contributed by atoms with Gasteiger partial charge >= 0.3 is 12.1 Å². The number of halogens is 4. The van der Waals surface area contributed by atoms with Crippen LogP contribution in [0.1, 0.15) is 94.5 Å². The quantitative estimate of drug-likeness (QED) is 0.191. The Hall–Kier alpha value is -2.12. The van der Waals surface area contributed by atoms with Gasteiger partial charge in [0, 0.05) is 0 Å². The maximum absolute atomic E-state index is 13.5. The minimum atomic E-state index is -4.83. The van der Waals surface area contributed by atoms with Crippen molar-refractivity contribution < 1.29 is 31.9 Å². The van der Waals surface area contributed by atoms with Gasteiger partial charge in [0.15, 0.2) is 0 Å². The van der Waals surface area contributed by atoms with Crippen LogP contribution in [-0.4, -0.2) is 24.5 Å². The van der Waals surface area contributed by atoms with E-state index in [4.69, 9.17) is 4.74 Å². The van der Waals surface area contributed by atoms with Crippen molar-refractivity contribution in [2.45, 2.75) is 90.8 Å². The van der Waals surface area contributed by atoms with Crippen molar-refractivity contribution in [3.63, 3.8) is 0 Å². The standard InChI is InChI=1S/C24H35F4NO3/c1-4-5-6-7-8-9-10-11-12-15-32-23(31)21(17(2)3)29-22(30)19-16-18(25)13-14-20(19)24(26,27)28/h13-14,16-17,21H,4-12,15H2,1-3H3,(H,29,30). The fraction of sp³-hybridized carbons (Fsp3) is 0.667. The smallest absolute Gasteiger partial charge is 0.417 e. The number of benzene rings is 1. The number of carbonyl (C=O) groups is 2. The summed E-state index contributed by atoms with van der Waals surface area (Å²) in [4.78, 5) is 24.8. The zero-order valence-electron chi connectivity index (χ0n) is 19.2. The van der Waals surface area contributed by atoms with Crippen molar-refractivity contribution in [1.82, 2.24) is 5.32 Å². The first-order valence-electron chi connectivity index (χ1n) is 11.4. The zero-order chi connectivity index (χ0) is 24.1. The molecular formula is C24H35F4NO3. The number of ether oxygens (including phenoxy) is 1. The first-order chi connectivity index (χ1) is 15.1. The Kier molecular flexibility index (Phi) is 12.3. The monoisotopic (exact) mass is 461 g/mol. The minimum Gasteiger partial charge on any atom is -0.464 e. The molecule has 0 fully saturated rings. The topological polar surface area (TPSA) is 55.4 Å². The van der Waals surface area contributed by atoms with Gasteiger partial charge < -0.3 is 10.1 Å². The molecule has 4 nitrogen and oxygen atoms in total. The molecule has 0 bridgehead atoms. The Labute approximate surface area is 188 Å². The summed E-state index contributed by atoms with van der Waals surface area (Å²) in [7, 11) is 0. The van der Waals surface area contributed by atoms with Crippen LogP contribution in [0, 0.1) is 11.7 Å². The molecule has 0 aliphatic carbocycles. The molecule has 0 aromatic heterocycles. The van der Waals surface area contributed by atoms with Gasteiger partial charge in [0.1, 0.15) is 11.9 Å². The molecule has 0 saturated carbocycles. The third kappa shape index (κ3) is 10.0. The third-order valence-electron chi connectivity index (χ3n) is 5.23. The van der Waals surface area contributed by atoms with Crippen molar-refractivity contribution in [3.05, 3.63) is 35.1 Å². The number of rotatable bonds is 14. The molecule has 32 heavy (non-hydrogen) atoms. The molecule has 0 heterocycles. The van der Waals surface area contributed by atoms with Crippen molar-refractivity contribution in [2.24, 2.45) is 5.92 Å².